The molecular formula is C18H18N4O3S2. The monoisotopic (exact) mass is 402 g/mol. The van der Waals surface area contributed by atoms with E-state index < -0.39 is 0 Å². The number of oxazole rings is 1. The van der Waals surface area contributed by atoms with E-state index >= 15 is 0 Å². The lowest BCUT2D eigenvalue weighted by Crippen LogP contribution is -2.24. The van der Waals surface area contributed by atoms with E-state index in [9.17, 15) is 4.79 Å². The van der Waals surface area contributed by atoms with Gasteiger partial charge >= 0.3 is 0 Å². The van der Waals surface area contributed by atoms with E-state index in [-0.39, 0.29) is 12.5 Å². The summed E-state index contributed by atoms with van der Waals surface area (Å²) in [5.74, 6) is 0.560. The number of carbonyl (C=O) groups excluding carboxylic acids is 1. The fraction of sp³-hybridized carbons (Fsp3) is 0.278. The molecule has 3 heterocycles. The molecule has 0 bridgehead atoms. The van der Waals surface area contributed by atoms with Crippen molar-refractivity contribution in [1.29, 1.82) is 0 Å². The first-order valence-corrected chi connectivity index (χ1v) is 10.1. The minimum absolute atomic E-state index is 0.0596. The highest BCUT2D eigenvalue weighted by molar-refractivity contribution is 7.29. The zero-order valence-electron chi connectivity index (χ0n) is 14.6. The number of benzene rings is 1. The van der Waals surface area contributed by atoms with Crippen LogP contribution in [0.15, 0.2) is 28.7 Å². The lowest BCUT2D eigenvalue weighted by molar-refractivity contribution is 0.0958. The van der Waals surface area contributed by atoms with Crippen LogP contribution < -0.4 is 10.6 Å². The third kappa shape index (κ3) is 3.95. The number of aryl methyl sites for hydroxylation is 1. The number of hydrogen-bond acceptors (Lipinski definition) is 8. The van der Waals surface area contributed by atoms with Crippen molar-refractivity contribution in [3.63, 3.8) is 0 Å². The Labute approximate surface area is 163 Å². The van der Waals surface area contributed by atoms with Crippen LogP contribution in [0.25, 0.3) is 20.6 Å². The van der Waals surface area contributed by atoms with Gasteiger partial charge in [0.15, 0.2) is 16.6 Å². The van der Waals surface area contributed by atoms with Gasteiger partial charge in [-0.25, -0.2) is 9.97 Å². The Morgan fingerprint density at radius 1 is 1.22 bits per heavy atom. The van der Waals surface area contributed by atoms with Crippen molar-refractivity contribution in [1.82, 2.24) is 15.3 Å². The Morgan fingerprint density at radius 2 is 2.11 bits per heavy atom. The first-order chi connectivity index (χ1) is 13.1. The Bertz CT molecular complexity index is 1070. The van der Waals surface area contributed by atoms with Gasteiger partial charge in [0.05, 0.1) is 16.2 Å². The number of hydrogen-bond donors (Lipinski definition) is 3. The van der Waals surface area contributed by atoms with Crippen LogP contribution in [0.3, 0.4) is 0 Å². The Morgan fingerprint density at radius 3 is 2.93 bits per heavy atom. The predicted octanol–water partition coefficient (Wildman–Crippen LogP) is 3.18. The molecule has 7 nitrogen and oxygen atoms in total. The van der Waals surface area contributed by atoms with Crippen LogP contribution in [-0.4, -0.2) is 40.7 Å². The lowest BCUT2D eigenvalue weighted by atomic mass is 10.1. The molecule has 140 valence electrons. The number of amides is 1. The largest absolute Gasteiger partial charge is 0.441 e. The van der Waals surface area contributed by atoms with E-state index in [2.05, 4.69) is 20.6 Å². The average molecular weight is 403 g/mol. The highest BCUT2D eigenvalue weighted by atomic mass is 32.1. The summed E-state index contributed by atoms with van der Waals surface area (Å²) < 4.78 is 6.44. The molecule has 0 radical (unpaired) electrons. The molecule has 3 aromatic heterocycles. The van der Waals surface area contributed by atoms with Crippen molar-refractivity contribution in [2.75, 3.05) is 25.0 Å². The third-order valence-electron chi connectivity index (χ3n) is 3.96. The van der Waals surface area contributed by atoms with Crippen LogP contribution in [0.2, 0.25) is 0 Å². The van der Waals surface area contributed by atoms with Crippen LogP contribution in [0.1, 0.15) is 21.1 Å². The van der Waals surface area contributed by atoms with Crippen LogP contribution in [0.5, 0.6) is 0 Å². The Kier molecular flexibility index (Phi) is 5.06. The number of nitrogens with zero attached hydrogens (tertiary/aromatic N) is 2. The Hall–Kier alpha value is -2.49. The zero-order valence-corrected chi connectivity index (χ0v) is 16.2. The van der Waals surface area contributed by atoms with Crippen LogP contribution in [-0.2, 0) is 6.42 Å². The van der Waals surface area contributed by atoms with Gasteiger partial charge in [0.25, 0.3) is 5.91 Å². The molecule has 1 amide bonds. The molecule has 0 aliphatic heterocycles. The van der Waals surface area contributed by atoms with Crippen LogP contribution in [0.4, 0.5) is 5.13 Å². The summed E-state index contributed by atoms with van der Waals surface area (Å²) in [4.78, 5) is 22.6. The number of thiophene rings is 1. The van der Waals surface area contributed by atoms with E-state index in [1.54, 1.807) is 0 Å². The fourth-order valence-corrected chi connectivity index (χ4v) is 4.79. The molecule has 3 N–H and O–H groups in total. The quantitative estimate of drug-likeness (QED) is 0.439. The van der Waals surface area contributed by atoms with Crippen molar-refractivity contribution in [2.24, 2.45) is 0 Å². The van der Waals surface area contributed by atoms with Gasteiger partial charge in [-0.2, -0.15) is 0 Å². The smallest absolute Gasteiger partial charge is 0.261 e. The topological polar surface area (TPSA) is 100 Å². The zero-order chi connectivity index (χ0) is 18.8. The minimum Gasteiger partial charge on any atom is -0.441 e. The SMILES string of the molecule is Cc1nc2cc(CCNC(=O)c3cc4sc(NCCO)nc4s3)ccc2o1. The lowest BCUT2D eigenvalue weighted by Gasteiger charge is -2.03. The molecule has 0 fully saturated rings. The molecule has 0 saturated carbocycles. The summed E-state index contributed by atoms with van der Waals surface area (Å²) in [6.07, 6.45) is 0.723. The highest BCUT2D eigenvalue weighted by Crippen LogP contribution is 2.32. The molecule has 4 rings (SSSR count). The average Bonchev–Trinajstić information content (AvgIpc) is 3.31. The second-order valence-corrected chi connectivity index (χ2v) is 8.05. The Balaban J connectivity index is 1.35. The van der Waals surface area contributed by atoms with Gasteiger partial charge < -0.3 is 20.2 Å². The maximum Gasteiger partial charge on any atom is 0.261 e. The number of aliphatic hydroxyl groups is 1. The molecular weight excluding hydrogens is 384 g/mol. The molecule has 1 aromatic carbocycles. The van der Waals surface area contributed by atoms with Gasteiger partial charge in [0.1, 0.15) is 10.3 Å². The minimum atomic E-state index is -0.0894. The van der Waals surface area contributed by atoms with Gasteiger partial charge in [-0.3, -0.25) is 4.79 Å². The third-order valence-corrected chi connectivity index (χ3v) is 6.08. The number of carbonyl (C=O) groups is 1. The first-order valence-electron chi connectivity index (χ1n) is 8.52. The predicted molar refractivity (Wildman–Crippen MR) is 108 cm³/mol. The number of aromatic nitrogens is 2. The first kappa shape index (κ1) is 17.9. The summed E-state index contributed by atoms with van der Waals surface area (Å²) in [6, 6.07) is 7.75. The molecule has 27 heavy (non-hydrogen) atoms. The molecule has 9 heteroatoms. The van der Waals surface area contributed by atoms with E-state index in [1.165, 1.54) is 22.7 Å². The van der Waals surface area contributed by atoms with Crippen molar-refractivity contribution < 1.29 is 14.3 Å². The van der Waals surface area contributed by atoms with E-state index in [4.69, 9.17) is 9.52 Å². The summed E-state index contributed by atoms with van der Waals surface area (Å²) in [5.41, 5.74) is 2.72. The van der Waals surface area contributed by atoms with Crippen LogP contribution >= 0.6 is 22.7 Å². The number of rotatable bonds is 7. The molecule has 0 unspecified atom stereocenters. The molecule has 0 spiro atoms. The summed E-state index contributed by atoms with van der Waals surface area (Å²) >= 11 is 2.85. The van der Waals surface area contributed by atoms with E-state index in [0.29, 0.717) is 23.9 Å². The van der Waals surface area contributed by atoms with Crippen molar-refractivity contribution >= 4 is 54.3 Å². The van der Waals surface area contributed by atoms with Gasteiger partial charge in [0.2, 0.25) is 0 Å². The molecule has 0 atom stereocenters. The fourth-order valence-electron chi connectivity index (χ4n) is 2.74. The van der Waals surface area contributed by atoms with Crippen molar-refractivity contribution in [3.05, 3.63) is 40.6 Å². The molecule has 0 saturated heterocycles. The number of fused-ring (bicyclic) bond motifs is 2. The number of anilines is 1. The van der Waals surface area contributed by atoms with Gasteiger partial charge in [-0.05, 0) is 30.2 Å². The highest BCUT2D eigenvalue weighted by Gasteiger charge is 2.14. The normalized spacial score (nSPS) is 11.3. The number of thiazole rings is 1. The maximum absolute atomic E-state index is 12.4. The van der Waals surface area contributed by atoms with Crippen LogP contribution in [0, 0.1) is 6.92 Å². The van der Waals surface area contributed by atoms with E-state index in [1.807, 2.05) is 31.2 Å². The molecule has 0 aliphatic carbocycles. The van der Waals surface area contributed by atoms with Crippen molar-refractivity contribution in [3.8, 4) is 0 Å². The summed E-state index contributed by atoms with van der Waals surface area (Å²) in [6.45, 7) is 2.90. The second-order valence-electron chi connectivity index (χ2n) is 5.99. The summed E-state index contributed by atoms with van der Waals surface area (Å²) in [7, 11) is 0. The van der Waals surface area contributed by atoms with E-state index in [0.717, 1.165) is 37.7 Å². The van der Waals surface area contributed by atoms with Gasteiger partial charge in [0, 0.05) is 20.0 Å². The number of aliphatic hydroxyl groups excluding tert-OH is 1. The molecule has 4 aromatic rings. The van der Waals surface area contributed by atoms with Gasteiger partial charge in [-0.1, -0.05) is 17.4 Å². The number of nitrogens with one attached hydrogen (secondary N) is 2. The van der Waals surface area contributed by atoms with Gasteiger partial charge in [-0.15, -0.1) is 11.3 Å². The summed E-state index contributed by atoms with van der Waals surface area (Å²) in [5, 5.41) is 15.6. The van der Waals surface area contributed by atoms with Crippen molar-refractivity contribution in [2.45, 2.75) is 13.3 Å². The second kappa shape index (κ2) is 7.63. The maximum atomic E-state index is 12.4. The molecule has 0 aliphatic rings. The standard InChI is InChI=1S/C18H18N4O3S2/c1-10-21-12-8-11(2-3-13(12)25-10)4-5-19-16(24)14-9-15-17(26-14)22-18(27-15)20-6-7-23/h2-3,8-9,23H,4-7H2,1H3,(H,19,24)(H,20,22).